The van der Waals surface area contributed by atoms with Crippen LogP contribution in [-0.2, 0) is 16.6 Å². The van der Waals surface area contributed by atoms with Gasteiger partial charge in [0.05, 0.1) is 5.69 Å². The normalized spacial score (nSPS) is 11.8. The van der Waals surface area contributed by atoms with E-state index < -0.39 is 10.0 Å². The topological polar surface area (TPSA) is 71.1 Å². The molecule has 0 unspecified atom stereocenters. The molecule has 0 aliphatic rings. The maximum Gasteiger partial charge on any atom is 0.273 e. The minimum absolute atomic E-state index is 0.316. The molecule has 0 aliphatic carbocycles. The van der Waals surface area contributed by atoms with Gasteiger partial charge in [0, 0.05) is 16.3 Å². The van der Waals surface area contributed by atoms with Crippen LogP contribution in [0.1, 0.15) is 22.4 Å². The van der Waals surface area contributed by atoms with Gasteiger partial charge in [0.2, 0.25) is 0 Å². The first-order chi connectivity index (χ1) is 9.42. The number of aromatic nitrogens is 1. The third-order valence-corrected chi connectivity index (χ3v) is 6.73. The van der Waals surface area contributed by atoms with E-state index in [0.29, 0.717) is 15.9 Å². The standard InChI is InChI=1S/C12H17N3O2S3/c1-4-13-7-10-5-6-11(19-10)20(16,17)15-12-14-8(2)9(3)18-12/h5-6,13H,4,7H2,1-3H3,(H,14,15). The van der Waals surface area contributed by atoms with Crippen LogP contribution < -0.4 is 10.0 Å². The van der Waals surface area contributed by atoms with Gasteiger partial charge in [-0.25, -0.2) is 13.4 Å². The van der Waals surface area contributed by atoms with E-state index >= 15 is 0 Å². The maximum atomic E-state index is 12.3. The molecule has 0 fully saturated rings. The number of sulfonamides is 1. The van der Waals surface area contributed by atoms with Crippen LogP contribution in [0.25, 0.3) is 0 Å². The van der Waals surface area contributed by atoms with E-state index in [1.165, 1.54) is 22.7 Å². The van der Waals surface area contributed by atoms with Gasteiger partial charge < -0.3 is 5.32 Å². The Balaban J connectivity index is 2.15. The zero-order valence-electron chi connectivity index (χ0n) is 11.6. The monoisotopic (exact) mass is 331 g/mol. The number of hydrogen-bond donors (Lipinski definition) is 2. The molecule has 0 saturated carbocycles. The second kappa shape index (κ2) is 6.21. The minimum atomic E-state index is -3.53. The quantitative estimate of drug-likeness (QED) is 0.854. The van der Waals surface area contributed by atoms with Crippen LogP contribution in [0.3, 0.4) is 0 Å². The van der Waals surface area contributed by atoms with Crippen LogP contribution >= 0.6 is 22.7 Å². The van der Waals surface area contributed by atoms with E-state index in [0.717, 1.165) is 22.0 Å². The molecule has 20 heavy (non-hydrogen) atoms. The van der Waals surface area contributed by atoms with Crippen molar-refractivity contribution >= 4 is 37.8 Å². The predicted octanol–water partition coefficient (Wildman–Crippen LogP) is 2.73. The van der Waals surface area contributed by atoms with Crippen molar-refractivity contribution in [2.24, 2.45) is 0 Å². The second-order valence-corrected chi connectivity index (χ2v) is 8.55. The molecule has 0 atom stereocenters. The Kier molecular flexibility index (Phi) is 4.79. The predicted molar refractivity (Wildman–Crippen MR) is 84.1 cm³/mol. The minimum Gasteiger partial charge on any atom is -0.312 e. The van der Waals surface area contributed by atoms with Crippen molar-refractivity contribution in [1.29, 1.82) is 0 Å². The van der Waals surface area contributed by atoms with Crippen molar-refractivity contribution in [3.63, 3.8) is 0 Å². The molecular weight excluding hydrogens is 314 g/mol. The van der Waals surface area contributed by atoms with Crippen LogP contribution in [-0.4, -0.2) is 19.9 Å². The molecule has 0 radical (unpaired) electrons. The SMILES string of the molecule is CCNCc1ccc(S(=O)(=O)Nc2nc(C)c(C)s2)s1. The average Bonchev–Trinajstić information content (AvgIpc) is 2.95. The second-order valence-electron chi connectivity index (χ2n) is 4.27. The summed E-state index contributed by atoms with van der Waals surface area (Å²) in [6.45, 7) is 7.34. The van der Waals surface area contributed by atoms with E-state index in [4.69, 9.17) is 0 Å². The lowest BCUT2D eigenvalue weighted by Crippen LogP contribution is -2.11. The number of rotatable bonds is 6. The lowest BCUT2D eigenvalue weighted by Gasteiger charge is -2.02. The van der Waals surface area contributed by atoms with Gasteiger partial charge in [-0.2, -0.15) is 0 Å². The van der Waals surface area contributed by atoms with E-state index in [9.17, 15) is 8.42 Å². The number of nitrogens with one attached hydrogen (secondary N) is 2. The first-order valence-electron chi connectivity index (χ1n) is 6.18. The molecule has 0 spiro atoms. The van der Waals surface area contributed by atoms with Gasteiger partial charge in [-0.1, -0.05) is 6.92 Å². The zero-order valence-corrected chi connectivity index (χ0v) is 14.0. The third-order valence-electron chi connectivity index (χ3n) is 2.70. The summed E-state index contributed by atoms with van der Waals surface area (Å²) < 4.78 is 27.4. The van der Waals surface area contributed by atoms with Gasteiger partial charge in [0.1, 0.15) is 4.21 Å². The van der Waals surface area contributed by atoms with Crippen LogP contribution in [0.4, 0.5) is 5.13 Å². The number of thiazole rings is 1. The molecule has 2 heterocycles. The fraction of sp³-hybridized carbons (Fsp3) is 0.417. The van der Waals surface area contributed by atoms with Gasteiger partial charge in [0.25, 0.3) is 10.0 Å². The molecule has 5 nitrogen and oxygen atoms in total. The number of thiophene rings is 1. The molecule has 0 bridgehead atoms. The molecule has 8 heteroatoms. The van der Waals surface area contributed by atoms with Crippen molar-refractivity contribution < 1.29 is 8.42 Å². The Hall–Kier alpha value is -0.960. The van der Waals surface area contributed by atoms with Gasteiger partial charge in [-0.3, -0.25) is 4.72 Å². The number of aryl methyl sites for hydroxylation is 2. The number of hydrogen-bond acceptors (Lipinski definition) is 6. The number of anilines is 1. The fourth-order valence-electron chi connectivity index (χ4n) is 1.53. The highest BCUT2D eigenvalue weighted by Crippen LogP contribution is 2.27. The van der Waals surface area contributed by atoms with Crippen molar-refractivity contribution in [1.82, 2.24) is 10.3 Å². The van der Waals surface area contributed by atoms with Gasteiger partial charge in [0.15, 0.2) is 5.13 Å². The van der Waals surface area contributed by atoms with Crippen molar-refractivity contribution in [2.75, 3.05) is 11.3 Å². The Bertz CT molecular complexity index is 669. The highest BCUT2D eigenvalue weighted by molar-refractivity contribution is 7.94. The molecule has 0 amide bonds. The molecule has 2 aromatic heterocycles. The largest absolute Gasteiger partial charge is 0.312 e. The van der Waals surface area contributed by atoms with Crippen LogP contribution in [0.15, 0.2) is 16.3 Å². The van der Waals surface area contributed by atoms with Gasteiger partial charge in [-0.05, 0) is 32.5 Å². The number of nitrogens with zero attached hydrogens (tertiary/aromatic N) is 1. The summed E-state index contributed by atoms with van der Waals surface area (Å²) in [5.74, 6) is 0. The van der Waals surface area contributed by atoms with Gasteiger partial charge >= 0.3 is 0 Å². The Labute approximate surface area is 127 Å². The Morgan fingerprint density at radius 2 is 2.00 bits per heavy atom. The summed E-state index contributed by atoms with van der Waals surface area (Å²) in [4.78, 5) is 6.21. The lowest BCUT2D eigenvalue weighted by atomic mass is 10.4. The Morgan fingerprint density at radius 3 is 2.60 bits per heavy atom. The molecule has 2 N–H and O–H groups in total. The van der Waals surface area contributed by atoms with Crippen LogP contribution in [0.2, 0.25) is 0 Å². The third kappa shape index (κ3) is 3.57. The fourth-order valence-corrected chi connectivity index (χ4v) is 4.90. The van der Waals surface area contributed by atoms with Crippen LogP contribution in [0.5, 0.6) is 0 Å². The van der Waals surface area contributed by atoms with Crippen molar-refractivity contribution in [3.8, 4) is 0 Å². The highest BCUT2D eigenvalue weighted by atomic mass is 32.2. The van der Waals surface area contributed by atoms with Crippen LogP contribution in [0, 0.1) is 13.8 Å². The average molecular weight is 331 g/mol. The highest BCUT2D eigenvalue weighted by Gasteiger charge is 2.19. The summed E-state index contributed by atoms with van der Waals surface area (Å²) in [5.41, 5.74) is 0.853. The van der Waals surface area contributed by atoms with Gasteiger partial charge in [-0.15, -0.1) is 22.7 Å². The molecule has 0 aliphatic heterocycles. The maximum absolute atomic E-state index is 12.3. The molecule has 0 aromatic carbocycles. The zero-order chi connectivity index (χ0) is 14.8. The molecule has 2 aromatic rings. The summed E-state index contributed by atoms with van der Waals surface area (Å²) in [6.07, 6.45) is 0. The summed E-state index contributed by atoms with van der Waals surface area (Å²) >= 11 is 2.62. The molecule has 0 saturated heterocycles. The molecular formula is C12H17N3O2S3. The van der Waals surface area contributed by atoms with Crippen molar-refractivity contribution in [2.45, 2.75) is 31.5 Å². The first kappa shape index (κ1) is 15.4. The van der Waals surface area contributed by atoms with Crippen molar-refractivity contribution in [3.05, 3.63) is 27.6 Å². The van der Waals surface area contributed by atoms with E-state index in [1.807, 2.05) is 26.8 Å². The first-order valence-corrected chi connectivity index (χ1v) is 9.30. The lowest BCUT2D eigenvalue weighted by molar-refractivity contribution is 0.603. The summed E-state index contributed by atoms with van der Waals surface area (Å²) in [5, 5.41) is 3.59. The summed E-state index contributed by atoms with van der Waals surface area (Å²) in [7, 11) is -3.53. The van der Waals surface area contributed by atoms with E-state index in [-0.39, 0.29) is 0 Å². The molecule has 110 valence electrons. The molecule has 2 rings (SSSR count). The Morgan fingerprint density at radius 1 is 1.25 bits per heavy atom. The summed E-state index contributed by atoms with van der Waals surface area (Å²) in [6, 6.07) is 3.47. The van der Waals surface area contributed by atoms with E-state index in [2.05, 4.69) is 15.0 Å². The van der Waals surface area contributed by atoms with E-state index in [1.54, 1.807) is 6.07 Å². The smallest absolute Gasteiger partial charge is 0.273 e.